The van der Waals surface area contributed by atoms with E-state index >= 15 is 0 Å². The summed E-state index contributed by atoms with van der Waals surface area (Å²) in [4.78, 5) is 55.7. The molecule has 0 aromatic heterocycles. The van der Waals surface area contributed by atoms with Crippen molar-refractivity contribution < 1.29 is 74.4 Å². The fourth-order valence-electron chi connectivity index (χ4n) is 5.76. The molecular formula is C38H44F6N2O10. The highest BCUT2D eigenvalue weighted by atomic mass is 19.4. The van der Waals surface area contributed by atoms with Gasteiger partial charge < -0.3 is 34.7 Å². The molecule has 0 fully saturated rings. The minimum absolute atomic E-state index is 0.0494. The van der Waals surface area contributed by atoms with Gasteiger partial charge in [-0.3, -0.25) is 24.0 Å². The van der Waals surface area contributed by atoms with Crippen LogP contribution in [0, 0.1) is 27.7 Å². The van der Waals surface area contributed by atoms with Gasteiger partial charge in [-0.25, -0.2) is 0 Å². The van der Waals surface area contributed by atoms with E-state index in [2.05, 4.69) is 15.4 Å². The second-order valence-electron chi connectivity index (χ2n) is 13.9. The normalized spacial score (nSPS) is 15.8. The molecular weight excluding hydrogens is 758 g/mol. The zero-order chi connectivity index (χ0) is 43.3. The Morgan fingerprint density at radius 1 is 0.625 bits per heavy atom. The Kier molecular flexibility index (Phi) is 14.6. The second kappa shape index (κ2) is 17.5. The van der Waals surface area contributed by atoms with E-state index in [0.29, 0.717) is 33.4 Å². The van der Waals surface area contributed by atoms with Gasteiger partial charge in [0, 0.05) is 20.8 Å². The third-order valence-electron chi connectivity index (χ3n) is 7.78. The number of rotatable bonds is 7. The molecule has 308 valence electrons. The third kappa shape index (κ3) is 12.8. The highest BCUT2D eigenvalue weighted by molar-refractivity contribution is 6.24. The number of amides is 2. The molecule has 3 N–H and O–H groups in total. The molecule has 0 atom stereocenters. The van der Waals surface area contributed by atoms with Crippen molar-refractivity contribution in [2.45, 2.75) is 99.6 Å². The van der Waals surface area contributed by atoms with Crippen LogP contribution in [-0.2, 0) is 33.4 Å². The van der Waals surface area contributed by atoms with Crippen LogP contribution >= 0.6 is 0 Å². The van der Waals surface area contributed by atoms with E-state index in [1.807, 2.05) is 0 Å². The van der Waals surface area contributed by atoms with Gasteiger partial charge in [0.2, 0.25) is 0 Å². The van der Waals surface area contributed by atoms with Crippen LogP contribution in [-0.4, -0.2) is 71.5 Å². The summed E-state index contributed by atoms with van der Waals surface area (Å²) in [6, 6.07) is 5.69. The fourth-order valence-corrected chi connectivity index (χ4v) is 5.76. The number of benzene rings is 2. The van der Waals surface area contributed by atoms with Gasteiger partial charge in [0.25, 0.3) is 11.8 Å². The van der Waals surface area contributed by atoms with E-state index in [-0.39, 0.29) is 34.2 Å². The number of hydrogen-bond donors (Lipinski definition) is 3. The predicted octanol–water partition coefficient (Wildman–Crippen LogP) is 6.95. The molecule has 56 heavy (non-hydrogen) atoms. The predicted molar refractivity (Wildman–Crippen MR) is 190 cm³/mol. The SMILES string of the molecule is CC(=O)OC(C)=O.CC(=O)OC1=C(c2c(C)cc(OCC(F)(F)F)cc2C)C(=O)NC1(C)C.Cc1cc(OCC(F)(F)F)cc(C)c1C1=C(O)C(C)(C)NC1=O. The number of aliphatic hydroxyl groups is 1. The lowest BCUT2D eigenvalue weighted by Crippen LogP contribution is -2.39. The van der Waals surface area contributed by atoms with Gasteiger partial charge >= 0.3 is 30.3 Å². The molecule has 2 heterocycles. The number of hydrogen-bond acceptors (Lipinski definition) is 10. The smallest absolute Gasteiger partial charge is 0.422 e. The van der Waals surface area contributed by atoms with Gasteiger partial charge in [-0.05, 0) is 113 Å². The fraction of sp³-hybridized carbons (Fsp3) is 0.447. The van der Waals surface area contributed by atoms with Crippen LogP contribution in [0.2, 0.25) is 0 Å². The summed E-state index contributed by atoms with van der Waals surface area (Å²) in [5, 5.41) is 15.7. The molecule has 2 aromatic carbocycles. The lowest BCUT2D eigenvalue weighted by Gasteiger charge is -2.21. The second-order valence-corrected chi connectivity index (χ2v) is 13.9. The Morgan fingerprint density at radius 3 is 1.25 bits per heavy atom. The van der Waals surface area contributed by atoms with E-state index in [0.717, 1.165) is 0 Å². The first-order chi connectivity index (χ1) is 25.4. The summed E-state index contributed by atoms with van der Waals surface area (Å²) >= 11 is 0. The lowest BCUT2D eigenvalue weighted by atomic mass is 9.92. The Labute approximate surface area is 319 Å². The van der Waals surface area contributed by atoms with Crippen LogP contribution < -0.4 is 20.1 Å². The monoisotopic (exact) mass is 802 g/mol. The number of alkyl halides is 6. The number of aliphatic hydroxyl groups excluding tert-OH is 1. The molecule has 4 rings (SSSR count). The maximum atomic E-state index is 12.5. The molecule has 2 aromatic rings. The number of carbonyl (C=O) groups is 5. The zero-order valence-corrected chi connectivity index (χ0v) is 32.6. The molecule has 12 nitrogen and oxygen atoms in total. The number of carbonyl (C=O) groups excluding carboxylic acids is 5. The number of esters is 3. The Balaban J connectivity index is 0.000000332. The topological polar surface area (TPSA) is 167 Å². The van der Waals surface area contributed by atoms with Crippen molar-refractivity contribution in [2.75, 3.05) is 13.2 Å². The van der Waals surface area contributed by atoms with Crippen LogP contribution in [0.4, 0.5) is 26.3 Å². The molecule has 2 aliphatic rings. The summed E-state index contributed by atoms with van der Waals surface area (Å²) in [6.07, 6.45) is -8.86. The summed E-state index contributed by atoms with van der Waals surface area (Å²) in [7, 11) is 0. The van der Waals surface area contributed by atoms with E-state index in [1.54, 1.807) is 55.4 Å². The Bertz CT molecular complexity index is 1900. The average Bonchev–Trinajstić information content (AvgIpc) is 3.33. The lowest BCUT2D eigenvalue weighted by molar-refractivity contribution is -0.157. The first-order valence-corrected chi connectivity index (χ1v) is 16.7. The van der Waals surface area contributed by atoms with Gasteiger partial charge in [0.1, 0.15) is 23.0 Å². The van der Waals surface area contributed by atoms with Gasteiger partial charge in [0.05, 0.1) is 22.2 Å². The highest BCUT2D eigenvalue weighted by Crippen LogP contribution is 2.39. The summed E-state index contributed by atoms with van der Waals surface area (Å²) < 4.78 is 92.5. The average molecular weight is 803 g/mol. The van der Waals surface area contributed by atoms with Crippen molar-refractivity contribution in [3.63, 3.8) is 0 Å². The molecule has 0 spiro atoms. The summed E-state index contributed by atoms with van der Waals surface area (Å²) in [5.74, 6) is -2.30. The van der Waals surface area contributed by atoms with Crippen molar-refractivity contribution in [3.05, 3.63) is 69.2 Å². The van der Waals surface area contributed by atoms with Gasteiger partial charge in [-0.15, -0.1) is 0 Å². The van der Waals surface area contributed by atoms with Gasteiger partial charge in [0.15, 0.2) is 13.2 Å². The first kappa shape index (κ1) is 46.6. The van der Waals surface area contributed by atoms with E-state index in [4.69, 9.17) is 14.2 Å². The quantitative estimate of drug-likeness (QED) is 0.152. The molecule has 18 heteroatoms. The van der Waals surface area contributed by atoms with Crippen LogP contribution in [0.5, 0.6) is 11.5 Å². The number of aryl methyl sites for hydroxylation is 4. The Hall–Kier alpha value is -5.55. The van der Waals surface area contributed by atoms with E-state index < -0.39 is 66.4 Å². The van der Waals surface area contributed by atoms with Crippen molar-refractivity contribution >= 4 is 40.9 Å². The largest absolute Gasteiger partial charge is 0.509 e. The molecule has 0 aliphatic carbocycles. The number of halogens is 6. The molecule has 0 saturated heterocycles. The van der Waals surface area contributed by atoms with Gasteiger partial charge in [-0.2, -0.15) is 26.3 Å². The third-order valence-corrected chi connectivity index (χ3v) is 7.78. The summed E-state index contributed by atoms with van der Waals surface area (Å²) in [6.45, 7) is 14.1. The molecule has 2 aliphatic heterocycles. The maximum Gasteiger partial charge on any atom is 0.422 e. The minimum atomic E-state index is -4.44. The number of ether oxygens (including phenoxy) is 4. The van der Waals surface area contributed by atoms with Crippen molar-refractivity contribution in [2.24, 2.45) is 0 Å². The highest BCUT2D eigenvalue weighted by Gasteiger charge is 2.42. The van der Waals surface area contributed by atoms with Crippen molar-refractivity contribution in [1.82, 2.24) is 10.6 Å². The molecule has 0 bridgehead atoms. The van der Waals surface area contributed by atoms with Crippen LogP contribution in [0.1, 0.15) is 81.8 Å². The maximum absolute atomic E-state index is 12.5. The van der Waals surface area contributed by atoms with Crippen molar-refractivity contribution in [1.29, 1.82) is 0 Å². The molecule has 0 unspecified atom stereocenters. The zero-order valence-electron chi connectivity index (χ0n) is 32.6. The molecule has 2 amide bonds. The summed E-state index contributed by atoms with van der Waals surface area (Å²) in [5.41, 5.74) is 1.76. The van der Waals surface area contributed by atoms with E-state index in [9.17, 15) is 55.4 Å². The number of nitrogens with one attached hydrogen (secondary N) is 2. The molecule has 0 saturated carbocycles. The molecule has 0 radical (unpaired) electrons. The first-order valence-electron chi connectivity index (χ1n) is 16.7. The van der Waals surface area contributed by atoms with Crippen LogP contribution in [0.15, 0.2) is 35.8 Å². The van der Waals surface area contributed by atoms with Crippen molar-refractivity contribution in [3.8, 4) is 11.5 Å². The minimum Gasteiger partial charge on any atom is -0.509 e. The van der Waals surface area contributed by atoms with Gasteiger partial charge in [-0.1, -0.05) is 0 Å². The van der Waals surface area contributed by atoms with Crippen LogP contribution in [0.25, 0.3) is 11.1 Å². The Morgan fingerprint density at radius 2 is 0.964 bits per heavy atom. The van der Waals surface area contributed by atoms with Crippen LogP contribution in [0.3, 0.4) is 0 Å². The van der Waals surface area contributed by atoms with E-state index in [1.165, 1.54) is 45.0 Å². The standard InChI is InChI=1S/C18H20F3NO4.C16H18F3NO3.C4H6O3/c1-9-6-12(25-8-18(19,20)21)7-10(2)13(9)14-15(26-11(3)23)17(4,5)22-16(14)24;1-8-5-10(23-7-16(17,18)19)6-9(2)11(8)12-13(21)15(3,4)20-14(12)22;1-3(5)7-4(2)6/h6-7H,8H2,1-5H3,(H,22,24);5-6,21H,7H2,1-4H3,(H,20,22);1-2H3.